The lowest BCUT2D eigenvalue weighted by atomic mass is 10.1. The Morgan fingerprint density at radius 3 is 1.00 bits per heavy atom. The summed E-state index contributed by atoms with van der Waals surface area (Å²) in [6, 6.07) is 0. The van der Waals surface area contributed by atoms with Crippen LogP contribution in [0.3, 0.4) is 0 Å². The van der Waals surface area contributed by atoms with Crippen LogP contribution in [0.2, 0.25) is 0 Å². The quantitative estimate of drug-likeness (QED) is 0.217. The molecule has 0 amide bonds. The van der Waals surface area contributed by atoms with Crippen molar-refractivity contribution in [1.82, 2.24) is 0 Å². The Labute approximate surface area is 168 Å². The maximum Gasteiger partial charge on any atom is 0.313 e. The summed E-state index contributed by atoms with van der Waals surface area (Å²) in [5.74, 6) is -4.77. The van der Waals surface area contributed by atoms with Crippen molar-refractivity contribution in [3.05, 3.63) is 0 Å². The average molecular weight is 416 g/mol. The normalized spacial score (nSPS) is 10.2. The number of ether oxygens (including phenoxy) is 2. The molecule has 0 saturated carbocycles. The Hall–Kier alpha value is -2.78. The van der Waals surface area contributed by atoms with Gasteiger partial charge in [-0.1, -0.05) is 19.3 Å². The number of hydrogen-bond donors (Lipinski definition) is 2. The van der Waals surface area contributed by atoms with Gasteiger partial charge in [0.1, 0.15) is 0 Å². The second-order valence-corrected chi connectivity index (χ2v) is 6.45. The number of rotatable bonds is 16. The van der Waals surface area contributed by atoms with Crippen molar-refractivity contribution in [1.29, 1.82) is 0 Å². The van der Waals surface area contributed by atoms with Crippen LogP contribution in [0.15, 0.2) is 0 Å². The monoisotopic (exact) mass is 416 g/mol. The number of unbranched alkanes of at least 4 members (excludes halogenated alkanes) is 4. The van der Waals surface area contributed by atoms with Crippen molar-refractivity contribution in [3.63, 3.8) is 0 Å². The summed E-state index contributed by atoms with van der Waals surface area (Å²) >= 11 is 0. The largest absolute Gasteiger partial charge is 0.481 e. The number of carbonyl (C=O) groups is 6. The zero-order valence-electron chi connectivity index (χ0n) is 16.4. The van der Waals surface area contributed by atoms with Crippen LogP contribution in [0, 0.1) is 0 Å². The Bertz CT molecular complexity index is 532. The molecule has 0 heterocycles. The topological polar surface area (TPSA) is 161 Å². The van der Waals surface area contributed by atoms with Crippen molar-refractivity contribution in [2.24, 2.45) is 0 Å². The molecular weight excluding hydrogens is 388 g/mol. The summed E-state index contributed by atoms with van der Waals surface area (Å²) in [6.07, 6.45) is 3.06. The number of carbonyl (C=O) groups excluding carboxylic acids is 4. The molecule has 0 aromatic rings. The Balaban J connectivity index is 3.59. The fourth-order valence-electron chi connectivity index (χ4n) is 2.29. The lowest BCUT2D eigenvalue weighted by Gasteiger charge is -2.04. The van der Waals surface area contributed by atoms with Crippen LogP contribution in [-0.2, 0) is 38.2 Å². The summed E-state index contributed by atoms with van der Waals surface area (Å²) in [6.45, 7) is 0. The maximum absolute atomic E-state index is 11.5. The Kier molecular flexibility index (Phi) is 14.6. The van der Waals surface area contributed by atoms with Gasteiger partial charge >= 0.3 is 35.8 Å². The number of hydrogen-bond acceptors (Lipinski definition) is 8. The Morgan fingerprint density at radius 1 is 0.414 bits per heavy atom. The minimum Gasteiger partial charge on any atom is -0.481 e. The molecule has 164 valence electrons. The van der Waals surface area contributed by atoms with Crippen molar-refractivity contribution in [3.8, 4) is 0 Å². The molecule has 10 nitrogen and oxygen atoms in total. The first-order chi connectivity index (χ1) is 13.7. The van der Waals surface area contributed by atoms with Crippen LogP contribution in [0.5, 0.6) is 0 Å². The molecule has 0 aliphatic rings. The molecule has 0 fully saturated rings. The maximum atomic E-state index is 11.5. The molecule has 0 rings (SSSR count). The summed E-state index contributed by atoms with van der Waals surface area (Å²) in [7, 11) is 0. The standard InChI is InChI=1S/C19H28O10/c20-14(21)8-6-12-18(26)28-16(24)10-4-2-1-3-5-11-17(25)29-19(27)13-7-9-15(22)23/h1-13H2,(H,20,21)(H,22,23). The third kappa shape index (κ3) is 18.4. The van der Waals surface area contributed by atoms with Gasteiger partial charge in [0.15, 0.2) is 0 Å². The third-order valence-corrected chi connectivity index (χ3v) is 3.76. The molecule has 0 atom stereocenters. The zero-order valence-corrected chi connectivity index (χ0v) is 16.4. The molecule has 0 spiro atoms. The summed E-state index contributed by atoms with van der Waals surface area (Å²) < 4.78 is 9.15. The summed E-state index contributed by atoms with van der Waals surface area (Å²) in [4.78, 5) is 66.2. The molecule has 0 aliphatic heterocycles. The van der Waals surface area contributed by atoms with Gasteiger partial charge in [0.05, 0.1) is 0 Å². The molecule has 0 bridgehead atoms. The highest BCUT2D eigenvalue weighted by Crippen LogP contribution is 2.09. The predicted molar refractivity (Wildman–Crippen MR) is 97.5 cm³/mol. The molecule has 0 aliphatic carbocycles. The molecule has 0 radical (unpaired) electrons. The van der Waals surface area contributed by atoms with E-state index in [0.29, 0.717) is 25.7 Å². The fourth-order valence-corrected chi connectivity index (χ4v) is 2.29. The van der Waals surface area contributed by atoms with E-state index < -0.39 is 35.8 Å². The van der Waals surface area contributed by atoms with Crippen molar-refractivity contribution in [2.45, 2.75) is 83.5 Å². The molecule has 0 saturated heterocycles. The third-order valence-electron chi connectivity index (χ3n) is 3.76. The molecule has 10 heteroatoms. The van der Waals surface area contributed by atoms with Gasteiger partial charge in [-0.15, -0.1) is 0 Å². The van der Waals surface area contributed by atoms with Crippen molar-refractivity contribution in [2.75, 3.05) is 0 Å². The molecule has 0 aromatic carbocycles. The molecular formula is C19H28O10. The van der Waals surface area contributed by atoms with E-state index in [4.69, 9.17) is 10.2 Å². The molecule has 0 unspecified atom stereocenters. The lowest BCUT2D eigenvalue weighted by Crippen LogP contribution is -2.12. The van der Waals surface area contributed by atoms with E-state index in [9.17, 15) is 28.8 Å². The van der Waals surface area contributed by atoms with Gasteiger partial charge in [-0.3, -0.25) is 28.8 Å². The number of carboxylic acid groups (broad SMARTS) is 2. The van der Waals surface area contributed by atoms with Crippen LogP contribution < -0.4 is 0 Å². The van der Waals surface area contributed by atoms with E-state index in [2.05, 4.69) is 9.47 Å². The van der Waals surface area contributed by atoms with Gasteiger partial charge in [0.2, 0.25) is 0 Å². The van der Waals surface area contributed by atoms with E-state index in [1.54, 1.807) is 0 Å². The van der Waals surface area contributed by atoms with Crippen LogP contribution in [0.1, 0.15) is 83.5 Å². The first-order valence-corrected chi connectivity index (χ1v) is 9.61. The van der Waals surface area contributed by atoms with E-state index in [0.717, 1.165) is 6.42 Å². The first kappa shape index (κ1) is 26.2. The van der Waals surface area contributed by atoms with Gasteiger partial charge in [-0.05, 0) is 25.7 Å². The SMILES string of the molecule is O=C(O)CCCC(=O)OC(=O)CCCCCCCC(=O)OC(=O)CCCC(=O)O. The highest BCUT2D eigenvalue weighted by atomic mass is 16.6. The second-order valence-electron chi connectivity index (χ2n) is 6.45. The van der Waals surface area contributed by atoms with Crippen LogP contribution in [-0.4, -0.2) is 46.0 Å². The summed E-state index contributed by atoms with van der Waals surface area (Å²) in [5.41, 5.74) is 0. The van der Waals surface area contributed by atoms with E-state index in [-0.39, 0.29) is 51.4 Å². The average Bonchev–Trinajstić information content (AvgIpc) is 2.60. The zero-order chi connectivity index (χ0) is 22.1. The smallest absolute Gasteiger partial charge is 0.313 e. The van der Waals surface area contributed by atoms with Gasteiger partial charge < -0.3 is 19.7 Å². The highest BCUT2D eigenvalue weighted by molar-refractivity contribution is 5.86. The molecule has 2 N–H and O–H groups in total. The first-order valence-electron chi connectivity index (χ1n) is 9.61. The highest BCUT2D eigenvalue weighted by Gasteiger charge is 2.12. The fraction of sp³-hybridized carbons (Fsp3) is 0.684. The van der Waals surface area contributed by atoms with E-state index in [1.807, 2.05) is 0 Å². The van der Waals surface area contributed by atoms with E-state index >= 15 is 0 Å². The summed E-state index contributed by atoms with van der Waals surface area (Å²) in [5, 5.41) is 16.9. The van der Waals surface area contributed by atoms with Crippen LogP contribution in [0.25, 0.3) is 0 Å². The minimum atomic E-state index is -1.01. The minimum absolute atomic E-state index is 0.0809. The van der Waals surface area contributed by atoms with Crippen LogP contribution >= 0.6 is 0 Å². The number of aliphatic carboxylic acids is 2. The number of esters is 4. The van der Waals surface area contributed by atoms with Gasteiger partial charge in [-0.25, -0.2) is 0 Å². The number of carboxylic acids is 2. The predicted octanol–water partition coefficient (Wildman–Crippen LogP) is 2.37. The van der Waals surface area contributed by atoms with Gasteiger partial charge in [0, 0.05) is 38.5 Å². The van der Waals surface area contributed by atoms with Gasteiger partial charge in [-0.2, -0.15) is 0 Å². The van der Waals surface area contributed by atoms with Crippen molar-refractivity contribution < 1.29 is 48.5 Å². The van der Waals surface area contributed by atoms with E-state index in [1.165, 1.54) is 0 Å². The molecule has 0 aromatic heterocycles. The Morgan fingerprint density at radius 2 is 0.690 bits per heavy atom. The van der Waals surface area contributed by atoms with Crippen molar-refractivity contribution >= 4 is 35.8 Å². The second kappa shape index (κ2) is 16.2. The lowest BCUT2D eigenvalue weighted by molar-refractivity contribution is -0.161. The van der Waals surface area contributed by atoms with Crippen LogP contribution in [0.4, 0.5) is 0 Å². The molecule has 29 heavy (non-hydrogen) atoms. The van der Waals surface area contributed by atoms with Gasteiger partial charge in [0.25, 0.3) is 0 Å².